The average Bonchev–Trinajstić information content (AvgIpc) is 2.97. The smallest absolute Gasteiger partial charge is 0.338 e. The third kappa shape index (κ3) is 2.90. The summed E-state index contributed by atoms with van der Waals surface area (Å²) < 4.78 is 48.1. The van der Waals surface area contributed by atoms with Crippen LogP contribution in [0.2, 0.25) is 0 Å². The lowest BCUT2D eigenvalue weighted by atomic mass is 9.93. The maximum atomic E-state index is 13.5. The van der Waals surface area contributed by atoms with Crippen molar-refractivity contribution in [2.75, 3.05) is 6.61 Å². The first-order chi connectivity index (χ1) is 11.2. The summed E-state index contributed by atoms with van der Waals surface area (Å²) in [6, 6.07) is 8.07. The summed E-state index contributed by atoms with van der Waals surface area (Å²) in [6.07, 6.45) is -7.14. The fraction of sp³-hybridized carbons (Fsp3) is 0.562. The predicted octanol–water partition coefficient (Wildman–Crippen LogP) is 1.72. The minimum atomic E-state index is -3.16. The van der Waals surface area contributed by atoms with Gasteiger partial charge in [0.1, 0.15) is 18.8 Å². The minimum absolute atomic E-state index is 0.268. The summed E-state index contributed by atoms with van der Waals surface area (Å²) in [4.78, 5) is 11.9. The van der Waals surface area contributed by atoms with E-state index < -0.39 is 48.9 Å². The number of halogens is 2. The van der Waals surface area contributed by atoms with Gasteiger partial charge in [-0.15, -0.1) is 0 Å². The van der Waals surface area contributed by atoms with Crippen molar-refractivity contribution in [3.63, 3.8) is 0 Å². The second kappa shape index (κ2) is 6.03. The van der Waals surface area contributed by atoms with Crippen molar-refractivity contribution in [1.82, 2.24) is 0 Å². The molecule has 0 spiro atoms. The van der Waals surface area contributed by atoms with Crippen LogP contribution in [-0.2, 0) is 18.9 Å². The van der Waals surface area contributed by atoms with E-state index in [1.54, 1.807) is 18.2 Å². The molecule has 8 heteroatoms. The lowest BCUT2D eigenvalue weighted by Gasteiger charge is -2.32. The highest BCUT2D eigenvalue weighted by molar-refractivity contribution is 5.89. The second-order valence-electron chi connectivity index (χ2n) is 6.20. The molecule has 132 valence electrons. The van der Waals surface area contributed by atoms with Crippen molar-refractivity contribution in [2.24, 2.45) is 0 Å². The van der Waals surface area contributed by atoms with Crippen molar-refractivity contribution in [3.8, 4) is 0 Å². The van der Waals surface area contributed by atoms with Gasteiger partial charge in [0.05, 0.1) is 5.56 Å². The van der Waals surface area contributed by atoms with Crippen molar-refractivity contribution >= 4 is 5.97 Å². The lowest BCUT2D eigenvalue weighted by molar-refractivity contribution is -0.251. The van der Waals surface area contributed by atoms with Gasteiger partial charge in [0.25, 0.3) is 6.43 Å². The fourth-order valence-corrected chi connectivity index (χ4v) is 2.84. The Morgan fingerprint density at radius 3 is 2.58 bits per heavy atom. The average molecular weight is 344 g/mol. The van der Waals surface area contributed by atoms with Gasteiger partial charge in [-0.25, -0.2) is 13.6 Å². The zero-order chi connectivity index (χ0) is 17.5. The molecule has 3 rings (SSSR count). The number of carbonyl (C=O) groups excluding carboxylic acids is 1. The van der Waals surface area contributed by atoms with Crippen LogP contribution in [0.1, 0.15) is 24.2 Å². The molecule has 6 nitrogen and oxygen atoms in total. The number of hydrogen-bond acceptors (Lipinski definition) is 6. The van der Waals surface area contributed by atoms with E-state index in [9.17, 15) is 18.7 Å². The molecule has 2 fully saturated rings. The van der Waals surface area contributed by atoms with Crippen LogP contribution >= 0.6 is 0 Å². The summed E-state index contributed by atoms with van der Waals surface area (Å²) in [6.45, 7) is 2.52. The van der Waals surface area contributed by atoms with Crippen LogP contribution in [0.3, 0.4) is 0 Å². The van der Waals surface area contributed by atoms with Crippen LogP contribution in [0.5, 0.6) is 0 Å². The Kier molecular flexibility index (Phi) is 4.33. The van der Waals surface area contributed by atoms with Gasteiger partial charge in [0, 0.05) is 0 Å². The topological polar surface area (TPSA) is 74.2 Å². The number of fused-ring (bicyclic) bond motifs is 1. The molecule has 0 bridgehead atoms. The van der Waals surface area contributed by atoms with Gasteiger partial charge in [0.2, 0.25) is 0 Å². The van der Waals surface area contributed by atoms with E-state index >= 15 is 0 Å². The van der Waals surface area contributed by atoms with E-state index in [-0.39, 0.29) is 5.56 Å². The molecule has 2 saturated heterocycles. The zero-order valence-corrected chi connectivity index (χ0v) is 13.1. The van der Waals surface area contributed by atoms with E-state index in [2.05, 4.69) is 0 Å². The Hall–Kier alpha value is -1.61. The molecule has 2 aliphatic rings. The molecule has 2 aliphatic heterocycles. The van der Waals surface area contributed by atoms with E-state index in [4.69, 9.17) is 18.9 Å². The number of rotatable bonds is 4. The SMILES string of the molecule is CC1(C)O[C@H]2O[C@H](COC(=O)c3ccccc3)[C@](O)(C(F)F)[C@H]2O1. The number of carbonyl (C=O) groups is 1. The third-order valence-corrected chi connectivity index (χ3v) is 4.05. The van der Waals surface area contributed by atoms with Crippen molar-refractivity contribution in [2.45, 2.75) is 50.2 Å². The van der Waals surface area contributed by atoms with Crippen molar-refractivity contribution in [3.05, 3.63) is 35.9 Å². The normalized spacial score (nSPS) is 34.3. The Balaban J connectivity index is 1.71. The number of esters is 1. The van der Waals surface area contributed by atoms with Gasteiger partial charge >= 0.3 is 5.97 Å². The maximum absolute atomic E-state index is 13.5. The summed E-state index contributed by atoms with van der Waals surface area (Å²) >= 11 is 0. The summed E-state index contributed by atoms with van der Waals surface area (Å²) in [5.74, 6) is -1.85. The van der Waals surface area contributed by atoms with Crippen LogP contribution < -0.4 is 0 Å². The van der Waals surface area contributed by atoms with E-state index in [1.165, 1.54) is 26.0 Å². The standard InChI is InChI=1S/C16H18F2O6/c1-15(2)23-11-13(24-15)22-10(16(11,20)14(17)18)8-21-12(19)9-6-4-3-5-7-9/h3-7,10-11,13-14,20H,8H2,1-2H3/t10-,11+,13-,16-/m1/s1. The van der Waals surface area contributed by atoms with Crippen molar-refractivity contribution in [1.29, 1.82) is 0 Å². The van der Waals surface area contributed by atoms with Gasteiger partial charge in [-0.2, -0.15) is 0 Å². The molecular weight excluding hydrogens is 326 g/mol. The molecule has 0 aromatic heterocycles. The Morgan fingerprint density at radius 1 is 1.29 bits per heavy atom. The van der Waals surface area contributed by atoms with Gasteiger partial charge < -0.3 is 24.1 Å². The number of aliphatic hydroxyl groups is 1. The van der Waals surface area contributed by atoms with Crippen LogP contribution in [0.4, 0.5) is 8.78 Å². The zero-order valence-electron chi connectivity index (χ0n) is 13.1. The first-order valence-electron chi connectivity index (χ1n) is 7.48. The highest BCUT2D eigenvalue weighted by Crippen LogP contribution is 2.45. The lowest BCUT2D eigenvalue weighted by Crippen LogP contribution is -2.56. The summed E-state index contributed by atoms with van der Waals surface area (Å²) in [7, 11) is 0. The number of hydrogen-bond donors (Lipinski definition) is 1. The van der Waals surface area contributed by atoms with E-state index in [0.29, 0.717) is 0 Å². The molecule has 0 amide bonds. The van der Waals surface area contributed by atoms with E-state index in [1.807, 2.05) is 0 Å². The molecule has 0 radical (unpaired) electrons. The monoisotopic (exact) mass is 344 g/mol. The number of alkyl halides is 2. The highest BCUT2D eigenvalue weighted by Gasteiger charge is 2.67. The molecule has 1 aromatic rings. The fourth-order valence-electron chi connectivity index (χ4n) is 2.84. The predicted molar refractivity (Wildman–Crippen MR) is 76.4 cm³/mol. The van der Waals surface area contributed by atoms with Crippen LogP contribution in [-0.4, -0.2) is 54.0 Å². The minimum Gasteiger partial charge on any atom is -0.459 e. The summed E-state index contributed by atoms with van der Waals surface area (Å²) in [5.41, 5.74) is -2.36. The molecule has 0 unspecified atom stereocenters. The molecule has 1 N–H and O–H groups in total. The molecule has 0 saturated carbocycles. The van der Waals surface area contributed by atoms with E-state index in [0.717, 1.165) is 0 Å². The second-order valence-corrected chi connectivity index (χ2v) is 6.20. The largest absolute Gasteiger partial charge is 0.459 e. The number of benzene rings is 1. The summed E-state index contributed by atoms with van der Waals surface area (Å²) in [5, 5.41) is 10.4. The Labute approximate surface area is 137 Å². The van der Waals surface area contributed by atoms with Gasteiger partial charge in [-0.05, 0) is 26.0 Å². The molecule has 4 atom stereocenters. The quantitative estimate of drug-likeness (QED) is 0.839. The van der Waals surface area contributed by atoms with Gasteiger partial charge in [-0.1, -0.05) is 18.2 Å². The maximum Gasteiger partial charge on any atom is 0.338 e. The van der Waals surface area contributed by atoms with Crippen LogP contribution in [0.25, 0.3) is 0 Å². The molecule has 2 heterocycles. The van der Waals surface area contributed by atoms with Gasteiger partial charge in [-0.3, -0.25) is 0 Å². The van der Waals surface area contributed by atoms with Crippen molar-refractivity contribution < 1.29 is 37.6 Å². The molecule has 1 aromatic carbocycles. The first-order valence-corrected chi connectivity index (χ1v) is 7.48. The molecular formula is C16H18F2O6. The number of ether oxygens (including phenoxy) is 4. The van der Waals surface area contributed by atoms with Crippen LogP contribution in [0.15, 0.2) is 30.3 Å². The molecule has 0 aliphatic carbocycles. The Bertz CT molecular complexity index is 608. The Morgan fingerprint density at radius 2 is 1.96 bits per heavy atom. The third-order valence-electron chi connectivity index (χ3n) is 4.05. The first kappa shape index (κ1) is 17.2. The van der Waals surface area contributed by atoms with Crippen LogP contribution in [0, 0.1) is 0 Å². The molecule has 24 heavy (non-hydrogen) atoms. The van der Waals surface area contributed by atoms with Gasteiger partial charge in [0.15, 0.2) is 17.7 Å². The highest BCUT2D eigenvalue weighted by atomic mass is 19.3.